The van der Waals surface area contributed by atoms with E-state index in [1.807, 2.05) is 55.5 Å². The van der Waals surface area contributed by atoms with Crippen molar-refractivity contribution in [1.82, 2.24) is 15.3 Å². The summed E-state index contributed by atoms with van der Waals surface area (Å²) >= 11 is 1.56. The second kappa shape index (κ2) is 9.37. The van der Waals surface area contributed by atoms with Gasteiger partial charge in [0.05, 0.1) is 29.0 Å². The Kier molecular flexibility index (Phi) is 6.39. The highest BCUT2D eigenvalue weighted by atomic mass is 32.1. The highest BCUT2D eigenvalue weighted by Gasteiger charge is 2.21. The van der Waals surface area contributed by atoms with Gasteiger partial charge >= 0.3 is 0 Å². The normalized spacial score (nSPS) is 12.1. The Bertz CT molecular complexity index is 1170. The summed E-state index contributed by atoms with van der Waals surface area (Å²) in [5, 5.41) is 4.04. The molecular weight excluding hydrogens is 404 g/mol. The molecule has 2 aromatic heterocycles. The lowest BCUT2D eigenvalue weighted by molar-refractivity contribution is -0.118. The molecule has 0 bridgehead atoms. The van der Waals surface area contributed by atoms with E-state index in [1.54, 1.807) is 22.4 Å². The van der Waals surface area contributed by atoms with Gasteiger partial charge in [-0.1, -0.05) is 53.8 Å². The number of carbonyl (C=O) groups excluding carboxylic acids is 1. The predicted octanol–water partition coefficient (Wildman–Crippen LogP) is 5.19. The number of nitrogens with zero attached hydrogens (tertiary/aromatic N) is 3. The van der Waals surface area contributed by atoms with Gasteiger partial charge in [-0.15, -0.1) is 0 Å². The molecule has 0 saturated carbocycles. The fourth-order valence-corrected chi connectivity index (χ4v) is 4.47. The molecule has 0 spiro atoms. The lowest BCUT2D eigenvalue weighted by Crippen LogP contribution is -2.38. The van der Waals surface area contributed by atoms with Crippen molar-refractivity contribution in [2.75, 3.05) is 11.4 Å². The first-order valence-electron chi connectivity index (χ1n) is 10.4. The largest absolute Gasteiger partial charge is 0.300 e. The third-order valence-electron chi connectivity index (χ3n) is 5.48. The summed E-state index contributed by atoms with van der Waals surface area (Å²) in [5.74, 6) is -0.0138. The molecule has 1 N–H and O–H groups in total. The summed E-state index contributed by atoms with van der Waals surface area (Å²) < 4.78 is 1.10. The first kappa shape index (κ1) is 21.2. The number of carbonyl (C=O) groups is 1. The van der Waals surface area contributed by atoms with Crippen LogP contribution in [-0.4, -0.2) is 22.4 Å². The Labute approximate surface area is 186 Å². The molecule has 2 aromatic carbocycles. The number of benzene rings is 2. The zero-order valence-corrected chi connectivity index (χ0v) is 18.8. The number of nitrogens with one attached hydrogen (secondary N) is 1. The summed E-state index contributed by atoms with van der Waals surface area (Å²) in [5.41, 5.74) is 5.32. The molecule has 0 saturated heterocycles. The molecular formula is C25H26N4OS. The maximum Gasteiger partial charge on any atom is 0.243 e. The molecule has 4 aromatic rings. The number of aromatic nitrogens is 2. The molecule has 0 aliphatic heterocycles. The summed E-state index contributed by atoms with van der Waals surface area (Å²) in [6, 6.07) is 20.0. The maximum atomic E-state index is 13.3. The van der Waals surface area contributed by atoms with Crippen molar-refractivity contribution in [2.45, 2.75) is 33.4 Å². The number of pyridine rings is 1. The van der Waals surface area contributed by atoms with Crippen LogP contribution in [0.15, 0.2) is 66.9 Å². The molecule has 2 heterocycles. The summed E-state index contributed by atoms with van der Waals surface area (Å²) in [6.07, 6.45) is 1.77. The second-order valence-electron chi connectivity index (χ2n) is 7.67. The van der Waals surface area contributed by atoms with Gasteiger partial charge in [-0.3, -0.25) is 14.7 Å². The highest BCUT2D eigenvalue weighted by Crippen LogP contribution is 2.32. The Balaban J connectivity index is 1.60. The molecule has 31 heavy (non-hydrogen) atoms. The van der Waals surface area contributed by atoms with Crippen LogP contribution in [0.2, 0.25) is 0 Å². The number of hydrogen-bond acceptors (Lipinski definition) is 5. The van der Waals surface area contributed by atoms with Crippen molar-refractivity contribution in [1.29, 1.82) is 0 Å². The van der Waals surface area contributed by atoms with Crippen LogP contribution in [0.25, 0.3) is 10.2 Å². The van der Waals surface area contributed by atoms with Crippen molar-refractivity contribution in [2.24, 2.45) is 0 Å². The minimum Gasteiger partial charge on any atom is -0.300 e. The van der Waals surface area contributed by atoms with Crippen LogP contribution in [0.1, 0.15) is 35.3 Å². The summed E-state index contributed by atoms with van der Waals surface area (Å²) in [6.45, 7) is 6.88. The van der Waals surface area contributed by atoms with Crippen LogP contribution in [0.4, 0.5) is 5.13 Å². The molecule has 0 fully saturated rings. The number of anilines is 1. The van der Waals surface area contributed by atoms with Crippen LogP contribution in [0, 0.1) is 13.8 Å². The molecule has 158 valence electrons. The van der Waals surface area contributed by atoms with Crippen LogP contribution < -0.4 is 10.2 Å². The zero-order valence-electron chi connectivity index (χ0n) is 18.0. The van der Waals surface area contributed by atoms with Gasteiger partial charge in [-0.2, -0.15) is 0 Å². The quantitative estimate of drug-likeness (QED) is 0.438. The third-order valence-corrected chi connectivity index (χ3v) is 6.52. The van der Waals surface area contributed by atoms with Crippen LogP contribution in [-0.2, 0) is 11.3 Å². The predicted molar refractivity (Wildman–Crippen MR) is 127 cm³/mol. The average Bonchev–Trinajstić information content (AvgIpc) is 3.24. The van der Waals surface area contributed by atoms with Crippen molar-refractivity contribution < 1.29 is 4.79 Å². The average molecular weight is 431 g/mol. The van der Waals surface area contributed by atoms with Crippen LogP contribution in [0.5, 0.6) is 0 Å². The van der Waals surface area contributed by atoms with E-state index in [-0.39, 0.29) is 18.5 Å². The van der Waals surface area contributed by atoms with Gasteiger partial charge < -0.3 is 5.32 Å². The lowest BCUT2D eigenvalue weighted by atomic mass is 10.1. The molecule has 1 atom stereocenters. The van der Waals surface area contributed by atoms with Crippen molar-refractivity contribution >= 4 is 32.6 Å². The van der Waals surface area contributed by atoms with Gasteiger partial charge in [0.15, 0.2) is 5.13 Å². The maximum absolute atomic E-state index is 13.3. The molecule has 4 rings (SSSR count). The number of amides is 1. The van der Waals surface area contributed by atoms with E-state index in [1.165, 1.54) is 5.56 Å². The van der Waals surface area contributed by atoms with E-state index < -0.39 is 0 Å². The van der Waals surface area contributed by atoms with Crippen LogP contribution in [0.3, 0.4) is 0 Å². The highest BCUT2D eigenvalue weighted by molar-refractivity contribution is 7.22. The number of thiazole rings is 1. The Morgan fingerprint density at radius 3 is 2.58 bits per heavy atom. The minimum absolute atomic E-state index is 0.0138. The van der Waals surface area contributed by atoms with Gasteiger partial charge in [0, 0.05) is 12.2 Å². The molecule has 0 aliphatic rings. The number of aryl methyl sites for hydroxylation is 2. The standard InChI is InChI=1S/C25H26N4OS/c1-17-12-13-22-24(18(17)2)28-25(31-22)29(16-20-9-5-4-6-10-20)23(30)15-27-19(3)21-11-7-8-14-26-21/h4-14,19,27H,15-16H2,1-3H3. The molecule has 6 heteroatoms. The van der Waals surface area contributed by atoms with Gasteiger partial charge in [0.2, 0.25) is 5.91 Å². The van der Waals surface area contributed by atoms with Crippen LogP contribution >= 0.6 is 11.3 Å². The molecule has 0 aliphatic carbocycles. The van der Waals surface area contributed by atoms with E-state index in [9.17, 15) is 4.79 Å². The Morgan fingerprint density at radius 1 is 1.06 bits per heavy atom. The summed E-state index contributed by atoms with van der Waals surface area (Å²) in [4.78, 5) is 24.3. The summed E-state index contributed by atoms with van der Waals surface area (Å²) in [7, 11) is 0. The Hall–Kier alpha value is -3.09. The van der Waals surface area contributed by atoms with Gasteiger partial charge in [-0.25, -0.2) is 4.98 Å². The SMILES string of the molecule is Cc1ccc2sc(N(Cc3ccccc3)C(=O)CNC(C)c3ccccn3)nc2c1C. The minimum atomic E-state index is -0.0241. The zero-order chi connectivity index (χ0) is 21.8. The van der Waals surface area contributed by atoms with Crippen molar-refractivity contribution in [3.63, 3.8) is 0 Å². The fraction of sp³-hybridized carbons (Fsp3) is 0.240. The van der Waals surface area contributed by atoms with Crippen molar-refractivity contribution in [3.8, 4) is 0 Å². The monoisotopic (exact) mass is 430 g/mol. The van der Waals surface area contributed by atoms with Gasteiger partial charge in [0.25, 0.3) is 0 Å². The number of rotatable bonds is 7. The molecule has 1 unspecified atom stereocenters. The van der Waals surface area contributed by atoms with E-state index in [0.29, 0.717) is 6.54 Å². The van der Waals surface area contributed by atoms with Crippen molar-refractivity contribution in [3.05, 3.63) is 89.2 Å². The fourth-order valence-electron chi connectivity index (χ4n) is 3.43. The first-order chi connectivity index (χ1) is 15.0. The number of fused-ring (bicyclic) bond motifs is 1. The lowest BCUT2D eigenvalue weighted by Gasteiger charge is -2.21. The molecule has 0 radical (unpaired) electrons. The second-order valence-corrected chi connectivity index (χ2v) is 8.68. The topological polar surface area (TPSA) is 58.1 Å². The first-order valence-corrected chi connectivity index (χ1v) is 11.2. The van der Waals surface area contributed by atoms with E-state index >= 15 is 0 Å². The number of hydrogen-bond donors (Lipinski definition) is 1. The molecule has 5 nitrogen and oxygen atoms in total. The van der Waals surface area contributed by atoms with E-state index in [0.717, 1.165) is 32.2 Å². The van der Waals surface area contributed by atoms with Gasteiger partial charge in [0.1, 0.15) is 0 Å². The third kappa shape index (κ3) is 4.81. The molecule has 1 amide bonds. The van der Waals surface area contributed by atoms with Gasteiger partial charge in [-0.05, 0) is 55.7 Å². The van der Waals surface area contributed by atoms with E-state index in [4.69, 9.17) is 4.98 Å². The smallest absolute Gasteiger partial charge is 0.243 e. The Morgan fingerprint density at radius 2 is 1.84 bits per heavy atom. The van der Waals surface area contributed by atoms with E-state index in [2.05, 4.69) is 36.3 Å².